The van der Waals surface area contributed by atoms with E-state index in [0.717, 1.165) is 6.26 Å². The van der Waals surface area contributed by atoms with Gasteiger partial charge in [-0.1, -0.05) is 24.3 Å². The van der Waals surface area contributed by atoms with E-state index in [1.165, 1.54) is 4.31 Å². The third kappa shape index (κ3) is 3.70. The third-order valence-corrected chi connectivity index (χ3v) is 5.65. The molecule has 2 aromatic rings. The normalized spacial score (nSPS) is 20.7. The Bertz CT molecular complexity index is 993. The van der Waals surface area contributed by atoms with Crippen molar-refractivity contribution in [3.8, 4) is 17.2 Å². The molecule has 0 aliphatic carbocycles. The van der Waals surface area contributed by atoms with Crippen LogP contribution in [0.2, 0.25) is 0 Å². The number of hydrogen-bond acceptors (Lipinski definition) is 6. The van der Waals surface area contributed by atoms with Gasteiger partial charge in [-0.3, -0.25) is 9.10 Å². The minimum atomic E-state index is -3.55. The van der Waals surface area contributed by atoms with Crippen LogP contribution >= 0.6 is 0 Å². The van der Waals surface area contributed by atoms with E-state index in [2.05, 4.69) is 5.32 Å². The predicted octanol–water partition coefficient (Wildman–Crippen LogP) is 1.17. The monoisotopic (exact) mass is 404 g/mol. The number of benzene rings is 2. The number of sulfonamides is 1. The zero-order valence-corrected chi connectivity index (χ0v) is 16.0. The first kappa shape index (κ1) is 18.4. The van der Waals surface area contributed by atoms with Gasteiger partial charge in [-0.25, -0.2) is 8.42 Å². The van der Waals surface area contributed by atoms with Gasteiger partial charge in [0.05, 0.1) is 25.0 Å². The van der Waals surface area contributed by atoms with Crippen molar-refractivity contribution < 1.29 is 27.4 Å². The van der Waals surface area contributed by atoms with Crippen LogP contribution in [0.5, 0.6) is 17.2 Å². The Balaban J connectivity index is 1.42. The zero-order valence-electron chi connectivity index (χ0n) is 15.2. The van der Waals surface area contributed by atoms with Crippen LogP contribution in [0.3, 0.4) is 0 Å². The maximum absolute atomic E-state index is 12.6. The summed E-state index contributed by atoms with van der Waals surface area (Å²) in [4.78, 5) is 12.6. The van der Waals surface area contributed by atoms with Crippen LogP contribution < -0.4 is 23.8 Å². The first-order chi connectivity index (χ1) is 13.4. The van der Waals surface area contributed by atoms with E-state index in [1.54, 1.807) is 30.3 Å². The largest absolute Gasteiger partial charge is 0.486 e. The molecule has 148 valence electrons. The van der Waals surface area contributed by atoms with Crippen molar-refractivity contribution in [2.24, 2.45) is 0 Å². The highest BCUT2D eigenvalue weighted by Crippen LogP contribution is 2.34. The second-order valence-corrected chi connectivity index (χ2v) is 8.52. The summed E-state index contributed by atoms with van der Waals surface area (Å²) in [5.41, 5.74) is 0.426. The van der Waals surface area contributed by atoms with Gasteiger partial charge in [0.1, 0.15) is 18.5 Å². The van der Waals surface area contributed by atoms with Crippen LogP contribution in [0.1, 0.15) is 0 Å². The lowest BCUT2D eigenvalue weighted by atomic mass is 10.2. The molecule has 4 rings (SSSR count). The van der Waals surface area contributed by atoms with Gasteiger partial charge in [-0.05, 0) is 24.3 Å². The van der Waals surface area contributed by atoms with Gasteiger partial charge >= 0.3 is 0 Å². The highest BCUT2D eigenvalue weighted by molar-refractivity contribution is 7.92. The summed E-state index contributed by atoms with van der Waals surface area (Å²) in [6, 6.07) is 14.1. The number of amides is 1. The first-order valence-corrected chi connectivity index (χ1v) is 10.7. The molecule has 0 saturated heterocycles. The molecular weight excluding hydrogens is 384 g/mol. The lowest BCUT2D eigenvalue weighted by Gasteiger charge is -2.34. The Morgan fingerprint density at radius 3 is 2.50 bits per heavy atom. The number of carbonyl (C=O) groups is 1. The standard InChI is InChI=1S/C19H20N2O6S/c1-28(23,24)21-11-18(27-15-7-3-2-6-14(15)21)19(22)20-10-13-12-25-16-8-4-5-9-17(16)26-13/h2-9,13,18H,10-12H2,1H3,(H,20,22)/t13-,18-/m1/s1. The number of anilines is 1. The molecule has 2 aliphatic heterocycles. The molecule has 0 bridgehead atoms. The van der Waals surface area contributed by atoms with Crippen LogP contribution in [0.4, 0.5) is 5.69 Å². The summed E-state index contributed by atoms with van der Waals surface area (Å²) in [6.07, 6.45) is -0.198. The van der Waals surface area contributed by atoms with Crippen molar-refractivity contribution in [3.63, 3.8) is 0 Å². The molecule has 0 fully saturated rings. The topological polar surface area (TPSA) is 94.2 Å². The first-order valence-electron chi connectivity index (χ1n) is 8.81. The molecule has 8 nitrogen and oxygen atoms in total. The van der Waals surface area contributed by atoms with Crippen molar-refractivity contribution in [1.82, 2.24) is 5.32 Å². The summed E-state index contributed by atoms with van der Waals surface area (Å²) < 4.78 is 42.6. The molecule has 1 N–H and O–H groups in total. The van der Waals surface area contributed by atoms with Gasteiger partial charge in [0.15, 0.2) is 17.6 Å². The molecule has 0 aromatic heterocycles. The number of carbonyl (C=O) groups excluding carboxylic acids is 1. The Morgan fingerprint density at radius 1 is 1.07 bits per heavy atom. The van der Waals surface area contributed by atoms with Crippen LogP contribution in [-0.2, 0) is 14.8 Å². The maximum Gasteiger partial charge on any atom is 0.263 e. The van der Waals surface area contributed by atoms with Crippen molar-refractivity contribution in [2.75, 3.05) is 30.3 Å². The molecule has 2 heterocycles. The molecule has 2 aliphatic rings. The average molecular weight is 404 g/mol. The number of nitrogens with zero attached hydrogens (tertiary/aromatic N) is 1. The highest BCUT2D eigenvalue weighted by Gasteiger charge is 2.35. The molecule has 0 unspecified atom stereocenters. The van der Waals surface area contributed by atoms with Gasteiger partial charge < -0.3 is 19.5 Å². The number of rotatable bonds is 4. The predicted molar refractivity (Wildman–Crippen MR) is 102 cm³/mol. The molecule has 2 aromatic carbocycles. The Labute approximate surface area is 163 Å². The van der Waals surface area contributed by atoms with Crippen LogP contribution in [0.15, 0.2) is 48.5 Å². The fourth-order valence-electron chi connectivity index (χ4n) is 3.14. The number of fused-ring (bicyclic) bond motifs is 2. The maximum atomic E-state index is 12.6. The molecule has 1 amide bonds. The molecule has 28 heavy (non-hydrogen) atoms. The van der Waals surface area contributed by atoms with Crippen LogP contribution in [0, 0.1) is 0 Å². The van der Waals surface area contributed by atoms with E-state index in [9.17, 15) is 13.2 Å². The van der Waals surface area contributed by atoms with Crippen molar-refractivity contribution in [3.05, 3.63) is 48.5 Å². The summed E-state index contributed by atoms with van der Waals surface area (Å²) in [5, 5.41) is 2.77. The number of nitrogens with one attached hydrogen (secondary N) is 1. The summed E-state index contributed by atoms with van der Waals surface area (Å²) in [5.74, 6) is 1.23. The van der Waals surface area contributed by atoms with Gasteiger partial charge in [-0.2, -0.15) is 0 Å². The molecule has 9 heteroatoms. The van der Waals surface area contributed by atoms with Gasteiger partial charge in [0.25, 0.3) is 5.91 Å². The number of para-hydroxylation sites is 4. The smallest absolute Gasteiger partial charge is 0.263 e. The van der Waals surface area contributed by atoms with Gasteiger partial charge in [0, 0.05) is 0 Å². The molecular formula is C19H20N2O6S. The van der Waals surface area contributed by atoms with E-state index in [1.807, 2.05) is 18.2 Å². The SMILES string of the molecule is CS(=O)(=O)N1C[C@H](C(=O)NC[C@@H]2COc3ccccc3O2)Oc2ccccc21. The lowest BCUT2D eigenvalue weighted by Crippen LogP contribution is -2.52. The Kier molecular flexibility index (Phi) is 4.76. The molecule has 0 spiro atoms. The highest BCUT2D eigenvalue weighted by atomic mass is 32.2. The van der Waals surface area contributed by atoms with Crippen LogP contribution in [0.25, 0.3) is 0 Å². The van der Waals surface area contributed by atoms with Crippen molar-refractivity contribution >= 4 is 21.6 Å². The quantitative estimate of drug-likeness (QED) is 0.822. The summed E-state index contributed by atoms with van der Waals surface area (Å²) >= 11 is 0. The molecule has 2 atom stereocenters. The zero-order chi connectivity index (χ0) is 19.7. The Morgan fingerprint density at radius 2 is 1.75 bits per heavy atom. The van der Waals surface area contributed by atoms with Crippen molar-refractivity contribution in [2.45, 2.75) is 12.2 Å². The fraction of sp³-hybridized carbons (Fsp3) is 0.316. The van der Waals surface area contributed by atoms with Gasteiger partial charge in [-0.15, -0.1) is 0 Å². The second-order valence-electron chi connectivity index (χ2n) is 6.61. The fourth-order valence-corrected chi connectivity index (χ4v) is 4.06. The molecule has 0 radical (unpaired) electrons. The minimum absolute atomic E-state index is 0.0907. The van der Waals surface area contributed by atoms with E-state index < -0.39 is 22.0 Å². The van der Waals surface area contributed by atoms with Crippen molar-refractivity contribution in [1.29, 1.82) is 0 Å². The second kappa shape index (κ2) is 7.23. The van der Waals surface area contributed by atoms with E-state index in [4.69, 9.17) is 14.2 Å². The van der Waals surface area contributed by atoms with E-state index in [-0.39, 0.29) is 19.2 Å². The summed E-state index contributed by atoms with van der Waals surface area (Å²) in [7, 11) is -3.55. The summed E-state index contributed by atoms with van der Waals surface area (Å²) in [6.45, 7) is 0.432. The Hall–Kier alpha value is -2.94. The van der Waals surface area contributed by atoms with Crippen LogP contribution in [-0.4, -0.2) is 52.5 Å². The van der Waals surface area contributed by atoms with Gasteiger partial charge in [0.2, 0.25) is 10.0 Å². The average Bonchev–Trinajstić information content (AvgIpc) is 2.70. The lowest BCUT2D eigenvalue weighted by molar-refractivity contribution is -0.128. The minimum Gasteiger partial charge on any atom is -0.486 e. The number of ether oxygens (including phenoxy) is 3. The third-order valence-electron chi connectivity index (χ3n) is 4.50. The van der Waals surface area contributed by atoms with E-state index in [0.29, 0.717) is 29.5 Å². The van der Waals surface area contributed by atoms with E-state index >= 15 is 0 Å². The number of hydrogen-bond donors (Lipinski definition) is 1. The molecule has 0 saturated carbocycles.